The number of likely N-dealkylation sites (tertiary alicyclic amines) is 1. The molecule has 0 spiro atoms. The molecule has 1 aliphatic heterocycles. The van der Waals surface area contributed by atoms with Crippen LogP contribution in [-0.4, -0.2) is 47.4 Å². The van der Waals surface area contributed by atoms with Crippen molar-refractivity contribution in [3.05, 3.63) is 0 Å². The number of nitrogens with two attached hydrogens (primary N) is 1. The van der Waals surface area contributed by atoms with Gasteiger partial charge in [-0.1, -0.05) is 0 Å². The largest absolute Gasteiger partial charge is 0.444 e. The zero-order chi connectivity index (χ0) is 11.6. The monoisotopic (exact) mass is 216 g/mol. The molecule has 1 fully saturated rings. The van der Waals surface area contributed by atoms with Crippen molar-refractivity contribution in [2.24, 2.45) is 11.7 Å². The van der Waals surface area contributed by atoms with E-state index in [9.17, 15) is 9.90 Å². The third-order valence-corrected chi connectivity index (χ3v) is 2.36. The van der Waals surface area contributed by atoms with Crippen LogP contribution in [0.1, 0.15) is 20.8 Å². The molecular formula is C10H20N2O3. The van der Waals surface area contributed by atoms with Gasteiger partial charge in [0.25, 0.3) is 0 Å². The third kappa shape index (κ3) is 3.35. The van der Waals surface area contributed by atoms with Gasteiger partial charge >= 0.3 is 6.09 Å². The first-order valence-corrected chi connectivity index (χ1v) is 5.19. The van der Waals surface area contributed by atoms with Crippen LogP contribution in [0.5, 0.6) is 0 Å². The Morgan fingerprint density at radius 2 is 2.13 bits per heavy atom. The molecule has 0 radical (unpaired) electrons. The van der Waals surface area contributed by atoms with Crippen molar-refractivity contribution in [3.63, 3.8) is 0 Å². The Hall–Kier alpha value is -0.810. The first-order chi connectivity index (χ1) is 6.83. The molecule has 88 valence electrons. The highest BCUT2D eigenvalue weighted by Crippen LogP contribution is 2.18. The van der Waals surface area contributed by atoms with Crippen LogP contribution >= 0.6 is 0 Å². The minimum absolute atomic E-state index is 0.0301. The number of hydrogen-bond donors (Lipinski definition) is 2. The summed E-state index contributed by atoms with van der Waals surface area (Å²) in [6, 6.07) is 0. The fourth-order valence-corrected chi connectivity index (χ4v) is 1.56. The SMILES string of the molecule is CC(C)(C)OC(=O)N1C[C@@H](CN)[C@H](O)C1. The maximum Gasteiger partial charge on any atom is 0.410 e. The number of aliphatic hydroxyl groups is 1. The zero-order valence-corrected chi connectivity index (χ0v) is 9.56. The summed E-state index contributed by atoms with van der Waals surface area (Å²) in [5, 5.41) is 9.58. The zero-order valence-electron chi connectivity index (χ0n) is 9.56. The second kappa shape index (κ2) is 4.37. The van der Waals surface area contributed by atoms with Gasteiger partial charge in [0.15, 0.2) is 0 Å². The molecule has 0 unspecified atom stereocenters. The number of aliphatic hydroxyl groups excluding tert-OH is 1. The van der Waals surface area contributed by atoms with E-state index in [-0.39, 0.29) is 12.0 Å². The van der Waals surface area contributed by atoms with Gasteiger partial charge in [-0.15, -0.1) is 0 Å². The molecule has 1 amide bonds. The van der Waals surface area contributed by atoms with E-state index in [0.29, 0.717) is 19.6 Å². The number of carbonyl (C=O) groups is 1. The van der Waals surface area contributed by atoms with Crippen molar-refractivity contribution in [2.75, 3.05) is 19.6 Å². The van der Waals surface area contributed by atoms with E-state index in [4.69, 9.17) is 10.5 Å². The van der Waals surface area contributed by atoms with Crippen LogP contribution in [0.2, 0.25) is 0 Å². The summed E-state index contributed by atoms with van der Waals surface area (Å²) in [6.07, 6.45) is -0.903. The molecule has 1 saturated heterocycles. The quantitative estimate of drug-likeness (QED) is 0.655. The summed E-state index contributed by atoms with van der Waals surface area (Å²) in [4.78, 5) is 13.1. The molecule has 0 aliphatic carbocycles. The molecule has 0 saturated carbocycles. The van der Waals surface area contributed by atoms with Gasteiger partial charge < -0.3 is 20.5 Å². The maximum atomic E-state index is 11.6. The van der Waals surface area contributed by atoms with Crippen molar-refractivity contribution in [1.82, 2.24) is 4.90 Å². The van der Waals surface area contributed by atoms with Crippen molar-refractivity contribution >= 4 is 6.09 Å². The second-order valence-corrected chi connectivity index (χ2v) is 4.95. The van der Waals surface area contributed by atoms with Crippen molar-refractivity contribution in [1.29, 1.82) is 0 Å². The average molecular weight is 216 g/mol. The van der Waals surface area contributed by atoms with E-state index < -0.39 is 11.7 Å². The van der Waals surface area contributed by atoms with Gasteiger partial charge in [0.2, 0.25) is 0 Å². The van der Waals surface area contributed by atoms with Crippen LogP contribution in [0.4, 0.5) is 4.79 Å². The lowest BCUT2D eigenvalue weighted by Gasteiger charge is -2.24. The summed E-state index contributed by atoms with van der Waals surface area (Å²) in [5.74, 6) is -0.0301. The summed E-state index contributed by atoms with van der Waals surface area (Å²) in [7, 11) is 0. The lowest BCUT2D eigenvalue weighted by Crippen LogP contribution is -2.36. The van der Waals surface area contributed by atoms with Crippen molar-refractivity contribution < 1.29 is 14.6 Å². The maximum absolute atomic E-state index is 11.6. The van der Waals surface area contributed by atoms with Crippen LogP contribution < -0.4 is 5.73 Å². The molecule has 3 N–H and O–H groups in total. The Morgan fingerprint density at radius 1 is 1.53 bits per heavy atom. The molecule has 5 nitrogen and oxygen atoms in total. The van der Waals surface area contributed by atoms with E-state index in [0.717, 1.165) is 0 Å². The number of β-amino-alcohol motifs (C(OH)–C–C–N with tert-alkyl or cyclic N) is 1. The molecule has 0 bridgehead atoms. The molecule has 1 rings (SSSR count). The highest BCUT2D eigenvalue weighted by Gasteiger charge is 2.35. The van der Waals surface area contributed by atoms with Crippen LogP contribution in [0.15, 0.2) is 0 Å². The highest BCUT2D eigenvalue weighted by molar-refractivity contribution is 5.68. The molecule has 15 heavy (non-hydrogen) atoms. The van der Waals surface area contributed by atoms with Gasteiger partial charge in [0.1, 0.15) is 5.60 Å². The molecule has 1 heterocycles. The van der Waals surface area contributed by atoms with Crippen molar-refractivity contribution in [3.8, 4) is 0 Å². The lowest BCUT2D eigenvalue weighted by atomic mass is 10.1. The van der Waals surface area contributed by atoms with Gasteiger partial charge in [-0.2, -0.15) is 0 Å². The first-order valence-electron chi connectivity index (χ1n) is 5.19. The van der Waals surface area contributed by atoms with Gasteiger partial charge in [-0.05, 0) is 27.3 Å². The summed E-state index contributed by atoms with van der Waals surface area (Å²) >= 11 is 0. The normalized spacial score (nSPS) is 26.9. The van der Waals surface area contributed by atoms with Gasteiger partial charge in [-0.25, -0.2) is 4.79 Å². The summed E-state index contributed by atoms with van der Waals surface area (Å²) < 4.78 is 5.20. The second-order valence-electron chi connectivity index (χ2n) is 4.95. The summed E-state index contributed by atoms with van der Waals surface area (Å²) in [6.45, 7) is 6.64. The molecule has 0 aromatic rings. The smallest absolute Gasteiger partial charge is 0.410 e. The molecular weight excluding hydrogens is 196 g/mol. The third-order valence-electron chi connectivity index (χ3n) is 2.36. The topological polar surface area (TPSA) is 75.8 Å². The van der Waals surface area contributed by atoms with Crippen LogP contribution in [-0.2, 0) is 4.74 Å². The van der Waals surface area contributed by atoms with E-state index in [1.807, 2.05) is 20.8 Å². The average Bonchev–Trinajstić information content (AvgIpc) is 2.43. The lowest BCUT2D eigenvalue weighted by molar-refractivity contribution is 0.0270. The highest BCUT2D eigenvalue weighted by atomic mass is 16.6. The minimum Gasteiger partial charge on any atom is -0.444 e. The standard InChI is InChI=1S/C10H20N2O3/c1-10(2,3)15-9(14)12-5-7(4-11)8(13)6-12/h7-8,13H,4-6,11H2,1-3H3/t7-,8-/m1/s1. The van der Waals surface area contributed by atoms with Gasteiger partial charge in [0.05, 0.1) is 12.6 Å². The number of amides is 1. The number of rotatable bonds is 1. The fraction of sp³-hybridized carbons (Fsp3) is 0.900. The van der Waals surface area contributed by atoms with Crippen molar-refractivity contribution in [2.45, 2.75) is 32.5 Å². The molecule has 0 aromatic heterocycles. The van der Waals surface area contributed by atoms with Crippen LogP contribution in [0.3, 0.4) is 0 Å². The Kier molecular flexibility index (Phi) is 3.57. The van der Waals surface area contributed by atoms with E-state index in [1.54, 1.807) is 0 Å². The number of nitrogens with zero attached hydrogens (tertiary/aromatic N) is 1. The van der Waals surface area contributed by atoms with E-state index in [2.05, 4.69) is 0 Å². The van der Waals surface area contributed by atoms with Crippen LogP contribution in [0.25, 0.3) is 0 Å². The number of carbonyl (C=O) groups excluding carboxylic acids is 1. The Balaban J connectivity index is 2.50. The number of ether oxygens (including phenoxy) is 1. The first kappa shape index (κ1) is 12.3. The molecule has 1 aliphatic rings. The number of hydrogen-bond acceptors (Lipinski definition) is 4. The fourth-order valence-electron chi connectivity index (χ4n) is 1.56. The Bertz CT molecular complexity index is 237. The van der Waals surface area contributed by atoms with Gasteiger partial charge in [0, 0.05) is 12.5 Å². The predicted molar refractivity (Wildman–Crippen MR) is 56.4 cm³/mol. The van der Waals surface area contributed by atoms with Gasteiger partial charge in [-0.3, -0.25) is 0 Å². The molecule has 2 atom stereocenters. The van der Waals surface area contributed by atoms with Crippen LogP contribution in [0, 0.1) is 5.92 Å². The predicted octanol–water partition coefficient (Wildman–Crippen LogP) is 0.173. The van der Waals surface area contributed by atoms with E-state index >= 15 is 0 Å². The molecule has 5 heteroatoms. The Labute approximate surface area is 90.2 Å². The summed E-state index contributed by atoms with van der Waals surface area (Å²) in [5.41, 5.74) is 4.98. The van der Waals surface area contributed by atoms with E-state index in [1.165, 1.54) is 4.90 Å². The Morgan fingerprint density at radius 3 is 2.53 bits per heavy atom. The minimum atomic E-state index is -0.525. The molecule has 0 aromatic carbocycles.